The highest BCUT2D eigenvalue weighted by molar-refractivity contribution is 7.66. The van der Waals surface area contributed by atoms with Crippen molar-refractivity contribution in [2.45, 2.75) is 44.7 Å². The number of H-pyrrole nitrogens is 1. The number of rotatable bonds is 13. The molecule has 6 atom stereocenters. The molecule has 2 aromatic rings. The van der Waals surface area contributed by atoms with E-state index in [9.17, 15) is 47.9 Å². The Hall–Kier alpha value is -2.74. The minimum absolute atomic E-state index is 0.112. The van der Waals surface area contributed by atoms with E-state index in [1.165, 1.54) is 6.20 Å². The predicted molar refractivity (Wildman–Crippen MR) is 130 cm³/mol. The average Bonchev–Trinajstić information content (AvgIpc) is 3.42. The number of hydrogen-bond donors (Lipinski definition) is 6. The van der Waals surface area contributed by atoms with Crippen LogP contribution in [0.4, 0.5) is 0 Å². The van der Waals surface area contributed by atoms with E-state index < -0.39 is 77.6 Å². The average molecular weight is 648 g/mol. The van der Waals surface area contributed by atoms with Gasteiger partial charge in [-0.25, -0.2) is 28.0 Å². The van der Waals surface area contributed by atoms with Gasteiger partial charge in [-0.3, -0.25) is 18.9 Å². The Labute approximate surface area is 227 Å². The molecule has 0 spiro atoms. The first-order valence-corrected chi connectivity index (χ1v) is 15.6. The zero-order valence-corrected chi connectivity index (χ0v) is 23.4. The number of nitrogens with one attached hydrogen (secondary N) is 1. The molecule has 6 unspecified atom stereocenters. The molecule has 41 heavy (non-hydrogen) atoms. The van der Waals surface area contributed by atoms with Crippen LogP contribution in [-0.2, 0) is 36.4 Å². The summed E-state index contributed by atoms with van der Waals surface area (Å²) in [7, 11) is -17.0. The molecule has 22 nitrogen and oxygen atoms in total. The van der Waals surface area contributed by atoms with Gasteiger partial charge >= 0.3 is 35.1 Å². The Bertz CT molecular complexity index is 1560. The number of nitrogens with zero attached hydrogens (tertiary/aromatic N) is 5. The Balaban J connectivity index is 1.81. The zero-order chi connectivity index (χ0) is 30.9. The number of phosphoric acid groups is 3. The number of carboxylic acid groups (broad SMARTS) is 1. The van der Waals surface area contributed by atoms with E-state index in [1.54, 1.807) is 13.8 Å². The Morgan fingerprint density at radius 2 is 1.83 bits per heavy atom. The highest BCUT2D eigenvalue weighted by Crippen LogP contribution is 2.66. The molecule has 3 rings (SSSR count). The molecule has 228 valence electrons. The molecule has 0 saturated carbocycles. The van der Waals surface area contributed by atoms with E-state index in [4.69, 9.17) is 14.5 Å². The third-order valence-corrected chi connectivity index (χ3v) is 9.19. The zero-order valence-electron chi connectivity index (χ0n) is 20.8. The van der Waals surface area contributed by atoms with Gasteiger partial charge in [0.05, 0.1) is 18.4 Å². The van der Waals surface area contributed by atoms with Crippen molar-refractivity contribution in [1.82, 2.24) is 24.5 Å². The van der Waals surface area contributed by atoms with Crippen molar-refractivity contribution >= 4 is 29.4 Å². The highest BCUT2D eigenvalue weighted by atomic mass is 31.3. The van der Waals surface area contributed by atoms with Crippen LogP contribution in [0.5, 0.6) is 0 Å². The summed E-state index contributed by atoms with van der Waals surface area (Å²) < 4.78 is 53.2. The van der Waals surface area contributed by atoms with Gasteiger partial charge in [-0.1, -0.05) is 24.2 Å². The second kappa shape index (κ2) is 12.2. The molecule has 0 aromatic carbocycles. The van der Waals surface area contributed by atoms with Gasteiger partial charge in [0.2, 0.25) is 0 Å². The Morgan fingerprint density at radius 3 is 2.39 bits per heavy atom. The fraction of sp³-hybridized carbons (Fsp3) is 0.562. The molecule has 0 bridgehead atoms. The number of hydrogen-bond acceptors (Lipinski definition) is 14. The summed E-state index contributed by atoms with van der Waals surface area (Å²) in [5.41, 5.74) is -2.28. The molecule has 1 aliphatic rings. The molecule has 1 fully saturated rings. The van der Waals surface area contributed by atoms with E-state index in [0.29, 0.717) is 0 Å². The monoisotopic (exact) mass is 648 g/mol. The summed E-state index contributed by atoms with van der Waals surface area (Å²) >= 11 is 0. The van der Waals surface area contributed by atoms with Crippen molar-refractivity contribution in [2.75, 3.05) is 6.61 Å². The molecule has 0 amide bonds. The summed E-state index contributed by atoms with van der Waals surface area (Å²) in [5.74, 6) is -1.61. The van der Waals surface area contributed by atoms with E-state index in [2.05, 4.69) is 28.6 Å². The lowest BCUT2D eigenvalue weighted by Gasteiger charge is -2.19. The van der Waals surface area contributed by atoms with E-state index in [1.807, 2.05) is 4.98 Å². The van der Waals surface area contributed by atoms with Gasteiger partial charge in [0, 0.05) is 12.6 Å². The molecule has 0 aliphatic carbocycles. The van der Waals surface area contributed by atoms with Crippen LogP contribution in [0, 0.1) is 10.8 Å². The SMILES string of the molecule is CC(C)C(C(=O)O)n1cc(-c2cn(C3CC(N=O)C(COP(=O)(O)OP(=O)(O)OP(=O)(O)O)O3)c(=O)[nH]c2=O)nn1. The first kappa shape index (κ1) is 32.8. The van der Waals surface area contributed by atoms with Crippen LogP contribution in [-0.4, -0.2) is 73.9 Å². The van der Waals surface area contributed by atoms with Gasteiger partial charge in [-0.2, -0.15) is 13.5 Å². The van der Waals surface area contributed by atoms with Gasteiger partial charge in [0.1, 0.15) is 24.1 Å². The van der Waals surface area contributed by atoms with Crippen LogP contribution in [0.3, 0.4) is 0 Å². The summed E-state index contributed by atoms with van der Waals surface area (Å²) in [6.45, 7) is 2.24. The number of carbonyl (C=O) groups is 1. The second-order valence-electron chi connectivity index (χ2n) is 8.74. The fourth-order valence-electron chi connectivity index (χ4n) is 3.74. The summed E-state index contributed by atoms with van der Waals surface area (Å²) in [6, 6.07) is -2.45. The molecule has 6 N–H and O–H groups in total. The minimum atomic E-state index is -5.79. The molecule has 1 saturated heterocycles. The van der Waals surface area contributed by atoms with Crippen LogP contribution < -0.4 is 11.2 Å². The van der Waals surface area contributed by atoms with Gasteiger partial charge in [0.25, 0.3) is 5.56 Å². The maximum Gasteiger partial charge on any atom is 0.490 e. The lowest BCUT2D eigenvalue weighted by molar-refractivity contribution is -0.142. The smallest absolute Gasteiger partial charge is 0.480 e. The molecular formula is C16H23N6O16P3. The molecule has 1 aliphatic heterocycles. The van der Waals surface area contributed by atoms with E-state index in [0.717, 1.165) is 15.4 Å². The predicted octanol–water partition coefficient (Wildman–Crippen LogP) is -0.157. The first-order chi connectivity index (χ1) is 18.8. The topological polar surface area (TPSA) is 321 Å². The number of aliphatic carboxylic acids is 1. The first-order valence-electron chi connectivity index (χ1n) is 11.1. The number of aromatic nitrogens is 5. The van der Waals surface area contributed by atoms with Gasteiger partial charge in [-0.05, 0) is 5.92 Å². The van der Waals surface area contributed by atoms with Crippen molar-refractivity contribution in [3.63, 3.8) is 0 Å². The second-order valence-corrected chi connectivity index (χ2v) is 13.2. The van der Waals surface area contributed by atoms with Gasteiger partial charge in [-0.15, -0.1) is 5.10 Å². The molecular weight excluding hydrogens is 625 g/mol. The molecule has 25 heteroatoms. The number of ether oxygens (including phenoxy) is 1. The van der Waals surface area contributed by atoms with Gasteiger partial charge in [0.15, 0.2) is 6.04 Å². The minimum Gasteiger partial charge on any atom is -0.480 e. The third kappa shape index (κ3) is 8.40. The summed E-state index contributed by atoms with van der Waals surface area (Å²) in [4.78, 5) is 86.0. The van der Waals surface area contributed by atoms with Crippen molar-refractivity contribution in [3.05, 3.63) is 38.1 Å². The van der Waals surface area contributed by atoms with Crippen LogP contribution >= 0.6 is 23.5 Å². The number of carboxylic acids is 1. The molecule has 2 aromatic heterocycles. The summed E-state index contributed by atoms with van der Waals surface area (Å²) in [5, 5.41) is 19.8. The number of nitroso groups, excluding NO2 is 1. The maximum atomic E-state index is 12.5. The molecule has 0 radical (unpaired) electrons. The summed E-state index contributed by atoms with van der Waals surface area (Å²) in [6.07, 6.45) is -0.950. The van der Waals surface area contributed by atoms with Crippen LogP contribution in [0.2, 0.25) is 0 Å². The normalized spacial score (nSPS) is 23.1. The number of aromatic amines is 1. The standard InChI is InChI=1S/C16H23N6O16P3/c1-7(2)13(15(24)25)22-5-10(18-20-22)8-4-21(16(26)17-14(8)23)12-3-9(19-27)11(36-12)6-35-40(31,32)38-41(33,34)37-39(28,29)30/h4-5,7,9,11-13H,3,6H2,1-2H3,(H,24,25)(H,31,32)(H,33,34)(H,17,23,26)(H2,28,29,30). The third-order valence-electron chi connectivity index (χ3n) is 5.39. The lowest BCUT2D eigenvalue weighted by atomic mass is 10.1. The number of phosphoric ester groups is 1. The van der Waals surface area contributed by atoms with Crippen molar-refractivity contribution in [2.24, 2.45) is 11.1 Å². The maximum absolute atomic E-state index is 12.5. The van der Waals surface area contributed by atoms with Gasteiger partial charge < -0.3 is 29.4 Å². The van der Waals surface area contributed by atoms with Crippen molar-refractivity contribution in [3.8, 4) is 11.3 Å². The Morgan fingerprint density at radius 1 is 1.17 bits per heavy atom. The fourth-order valence-corrected chi connectivity index (χ4v) is 6.77. The van der Waals surface area contributed by atoms with Crippen LogP contribution in [0.1, 0.15) is 32.5 Å². The molecule has 3 heterocycles. The lowest BCUT2D eigenvalue weighted by Crippen LogP contribution is -2.33. The largest absolute Gasteiger partial charge is 0.490 e. The van der Waals surface area contributed by atoms with Crippen LogP contribution in [0.15, 0.2) is 27.2 Å². The highest BCUT2D eigenvalue weighted by Gasteiger charge is 2.43. The van der Waals surface area contributed by atoms with E-state index >= 15 is 0 Å². The van der Waals surface area contributed by atoms with Crippen molar-refractivity contribution in [1.29, 1.82) is 0 Å². The van der Waals surface area contributed by atoms with Crippen LogP contribution in [0.25, 0.3) is 11.3 Å². The van der Waals surface area contributed by atoms with Crippen molar-refractivity contribution < 1.29 is 61.1 Å². The van der Waals surface area contributed by atoms with E-state index in [-0.39, 0.29) is 17.7 Å². The Kier molecular flexibility index (Phi) is 9.78. The quantitative estimate of drug-likeness (QED) is 0.121.